The molecule has 0 saturated heterocycles. The summed E-state index contributed by atoms with van der Waals surface area (Å²) in [5.74, 6) is 0. The van der Waals surface area contributed by atoms with Gasteiger partial charge in [-0.1, -0.05) is 48.5 Å². The van der Waals surface area contributed by atoms with Crippen molar-refractivity contribution in [2.75, 3.05) is 0 Å². The zero-order valence-corrected chi connectivity index (χ0v) is 13.4. The molecular weight excluding hydrogens is 343 g/mol. The first-order chi connectivity index (χ1) is 12.4. The molecule has 1 heterocycles. The van der Waals surface area contributed by atoms with Gasteiger partial charge in [0.15, 0.2) is 0 Å². The predicted octanol–water partition coefficient (Wildman–Crippen LogP) is 3.85. The second-order valence-corrected chi connectivity index (χ2v) is 5.54. The van der Waals surface area contributed by atoms with Crippen molar-refractivity contribution in [2.24, 2.45) is 0 Å². The number of nitriles is 1. The van der Waals surface area contributed by atoms with Gasteiger partial charge < -0.3 is 0 Å². The summed E-state index contributed by atoms with van der Waals surface area (Å²) < 4.78 is 40.7. The van der Waals surface area contributed by atoms with Crippen LogP contribution in [0.25, 0.3) is 11.3 Å². The van der Waals surface area contributed by atoms with E-state index in [1.165, 1.54) is 6.07 Å². The van der Waals surface area contributed by atoms with Crippen LogP contribution in [0.5, 0.6) is 0 Å². The lowest BCUT2D eigenvalue weighted by Crippen LogP contribution is -2.31. The quantitative estimate of drug-likeness (QED) is 0.717. The van der Waals surface area contributed by atoms with Crippen LogP contribution in [0, 0.1) is 11.3 Å². The number of aromatic nitrogens is 2. The van der Waals surface area contributed by atoms with E-state index in [0.717, 1.165) is 10.7 Å². The third-order valence-corrected chi connectivity index (χ3v) is 3.81. The Kier molecular flexibility index (Phi) is 4.59. The SMILES string of the molecule is N#Cc1ccccc1Cn1nc(-c2ccccc2)cc(C(F)(F)F)c1=O. The lowest BCUT2D eigenvalue weighted by Gasteiger charge is -2.13. The zero-order chi connectivity index (χ0) is 18.7. The van der Waals surface area contributed by atoms with Crippen molar-refractivity contribution in [3.63, 3.8) is 0 Å². The molecule has 3 aromatic rings. The largest absolute Gasteiger partial charge is 0.421 e. The summed E-state index contributed by atoms with van der Waals surface area (Å²) in [6.07, 6.45) is -4.81. The molecule has 0 aliphatic carbocycles. The molecule has 0 unspecified atom stereocenters. The van der Waals surface area contributed by atoms with E-state index in [9.17, 15) is 18.0 Å². The molecule has 4 nitrogen and oxygen atoms in total. The van der Waals surface area contributed by atoms with Crippen molar-refractivity contribution >= 4 is 0 Å². The highest BCUT2D eigenvalue weighted by Crippen LogP contribution is 2.29. The normalized spacial score (nSPS) is 11.2. The van der Waals surface area contributed by atoms with Crippen molar-refractivity contribution in [1.29, 1.82) is 5.26 Å². The van der Waals surface area contributed by atoms with Gasteiger partial charge in [-0.25, -0.2) is 4.68 Å². The van der Waals surface area contributed by atoms with Crippen molar-refractivity contribution in [1.82, 2.24) is 9.78 Å². The summed E-state index contributed by atoms with van der Waals surface area (Å²) in [5, 5.41) is 13.2. The maximum Gasteiger partial charge on any atom is 0.421 e. The first-order valence-corrected chi connectivity index (χ1v) is 7.63. The van der Waals surface area contributed by atoms with Gasteiger partial charge in [-0.05, 0) is 17.7 Å². The molecule has 130 valence electrons. The number of nitrogens with zero attached hydrogens (tertiary/aromatic N) is 3. The van der Waals surface area contributed by atoms with Crippen LogP contribution in [0.4, 0.5) is 13.2 Å². The van der Waals surface area contributed by atoms with Gasteiger partial charge in [0.05, 0.1) is 23.9 Å². The summed E-state index contributed by atoms with van der Waals surface area (Å²) in [6.45, 7) is -0.230. The lowest BCUT2D eigenvalue weighted by atomic mass is 10.1. The average molecular weight is 355 g/mol. The van der Waals surface area contributed by atoms with Gasteiger partial charge in [-0.3, -0.25) is 4.79 Å². The molecule has 0 atom stereocenters. The van der Waals surface area contributed by atoms with Crippen LogP contribution >= 0.6 is 0 Å². The maximum absolute atomic E-state index is 13.3. The number of hydrogen-bond donors (Lipinski definition) is 0. The van der Waals surface area contributed by atoms with E-state index >= 15 is 0 Å². The molecule has 7 heteroatoms. The highest BCUT2D eigenvalue weighted by Gasteiger charge is 2.35. The summed E-state index contributed by atoms with van der Waals surface area (Å²) in [7, 11) is 0. The third-order valence-electron chi connectivity index (χ3n) is 3.81. The van der Waals surface area contributed by atoms with Crippen molar-refractivity contribution in [3.8, 4) is 17.3 Å². The van der Waals surface area contributed by atoms with Crippen LogP contribution in [0.1, 0.15) is 16.7 Å². The van der Waals surface area contributed by atoms with Crippen molar-refractivity contribution < 1.29 is 13.2 Å². The molecule has 26 heavy (non-hydrogen) atoms. The fourth-order valence-corrected chi connectivity index (χ4v) is 2.53. The Balaban J connectivity index is 2.18. The Bertz CT molecular complexity index is 1030. The monoisotopic (exact) mass is 355 g/mol. The highest BCUT2D eigenvalue weighted by molar-refractivity contribution is 5.59. The molecule has 2 aromatic carbocycles. The fourth-order valence-electron chi connectivity index (χ4n) is 2.53. The van der Waals surface area contributed by atoms with Crippen LogP contribution < -0.4 is 5.56 Å². The topological polar surface area (TPSA) is 58.7 Å². The van der Waals surface area contributed by atoms with Crippen LogP contribution in [-0.2, 0) is 12.7 Å². The van der Waals surface area contributed by atoms with Gasteiger partial charge in [0.1, 0.15) is 5.56 Å². The molecule has 0 aliphatic heterocycles. The fraction of sp³-hybridized carbons (Fsp3) is 0.105. The number of halogens is 3. The number of benzene rings is 2. The molecule has 0 saturated carbocycles. The minimum Gasteiger partial charge on any atom is -0.267 e. The lowest BCUT2D eigenvalue weighted by molar-refractivity contribution is -0.139. The second kappa shape index (κ2) is 6.84. The standard InChI is InChI=1S/C19H12F3N3O/c20-19(21,22)16-10-17(13-6-2-1-3-7-13)24-25(18(16)26)12-15-9-5-4-8-14(15)11-23/h1-10H,12H2. The molecule has 0 radical (unpaired) electrons. The Morgan fingerprint density at radius 1 is 1.04 bits per heavy atom. The molecule has 0 amide bonds. The maximum atomic E-state index is 13.3. The van der Waals surface area contributed by atoms with Gasteiger partial charge in [-0.15, -0.1) is 0 Å². The van der Waals surface area contributed by atoms with Gasteiger partial charge in [-0.2, -0.15) is 23.5 Å². The Morgan fingerprint density at radius 3 is 2.35 bits per heavy atom. The second-order valence-electron chi connectivity index (χ2n) is 5.54. The van der Waals surface area contributed by atoms with Gasteiger partial charge >= 0.3 is 6.18 Å². The zero-order valence-electron chi connectivity index (χ0n) is 13.4. The number of hydrogen-bond acceptors (Lipinski definition) is 3. The van der Waals surface area contributed by atoms with E-state index in [1.54, 1.807) is 48.5 Å². The Hall–Kier alpha value is -3.40. The van der Waals surface area contributed by atoms with Gasteiger partial charge in [0, 0.05) is 5.56 Å². The molecule has 0 spiro atoms. The minimum atomic E-state index is -4.81. The van der Waals surface area contributed by atoms with Crippen LogP contribution in [-0.4, -0.2) is 9.78 Å². The number of alkyl halides is 3. The summed E-state index contributed by atoms with van der Waals surface area (Å²) in [6, 6.07) is 17.4. The van der Waals surface area contributed by atoms with E-state index in [-0.39, 0.29) is 17.8 Å². The third kappa shape index (κ3) is 3.49. The van der Waals surface area contributed by atoms with Gasteiger partial charge in [0.2, 0.25) is 0 Å². The summed E-state index contributed by atoms with van der Waals surface area (Å²) >= 11 is 0. The van der Waals surface area contributed by atoms with E-state index in [0.29, 0.717) is 11.1 Å². The smallest absolute Gasteiger partial charge is 0.267 e. The van der Waals surface area contributed by atoms with E-state index in [4.69, 9.17) is 5.26 Å². The van der Waals surface area contributed by atoms with Crippen molar-refractivity contribution in [2.45, 2.75) is 12.7 Å². The molecular formula is C19H12F3N3O. The number of rotatable bonds is 3. The van der Waals surface area contributed by atoms with Crippen molar-refractivity contribution in [3.05, 3.63) is 87.7 Å². The first kappa shape index (κ1) is 17.4. The minimum absolute atomic E-state index is 0.0342. The molecule has 0 aliphatic rings. The van der Waals surface area contributed by atoms with Crippen LogP contribution in [0.15, 0.2) is 65.5 Å². The molecule has 3 rings (SSSR count). The van der Waals surface area contributed by atoms with E-state index < -0.39 is 17.3 Å². The predicted molar refractivity (Wildman–Crippen MR) is 89.2 cm³/mol. The summed E-state index contributed by atoms with van der Waals surface area (Å²) in [4.78, 5) is 12.3. The average Bonchev–Trinajstić information content (AvgIpc) is 2.63. The van der Waals surface area contributed by atoms with Crippen LogP contribution in [0.2, 0.25) is 0 Å². The highest BCUT2D eigenvalue weighted by atomic mass is 19.4. The summed E-state index contributed by atoms with van der Waals surface area (Å²) in [5.41, 5.74) is -1.35. The van der Waals surface area contributed by atoms with E-state index in [2.05, 4.69) is 5.10 Å². The molecule has 0 N–H and O–H groups in total. The van der Waals surface area contributed by atoms with Gasteiger partial charge in [0.25, 0.3) is 5.56 Å². The Morgan fingerprint density at radius 2 is 1.69 bits per heavy atom. The molecule has 0 bridgehead atoms. The Labute approximate surface area is 146 Å². The first-order valence-electron chi connectivity index (χ1n) is 7.63. The van der Waals surface area contributed by atoms with E-state index in [1.807, 2.05) is 6.07 Å². The molecule has 0 fully saturated rings. The molecule has 1 aromatic heterocycles. The van der Waals surface area contributed by atoms with Crippen LogP contribution in [0.3, 0.4) is 0 Å².